The van der Waals surface area contributed by atoms with Gasteiger partial charge in [0.2, 0.25) is 0 Å². The highest BCUT2D eigenvalue weighted by Crippen LogP contribution is 2.41. The Morgan fingerprint density at radius 2 is 1.04 bits per heavy atom. The van der Waals surface area contributed by atoms with E-state index in [9.17, 15) is 0 Å². The molecule has 49 heavy (non-hydrogen) atoms. The van der Waals surface area contributed by atoms with E-state index in [1.807, 2.05) is 12.1 Å². The molecule has 8 aromatic carbocycles. The van der Waals surface area contributed by atoms with E-state index < -0.39 is 0 Å². The normalized spacial score (nSPS) is 11.7. The first-order chi connectivity index (χ1) is 24.3. The van der Waals surface area contributed by atoms with Crippen LogP contribution < -0.4 is 5.32 Å². The van der Waals surface area contributed by atoms with Crippen molar-refractivity contribution in [2.75, 3.05) is 5.32 Å². The van der Waals surface area contributed by atoms with Gasteiger partial charge in [-0.05, 0) is 87.6 Å². The highest BCUT2D eigenvalue weighted by atomic mass is 16.3. The van der Waals surface area contributed by atoms with Gasteiger partial charge in [0.05, 0.1) is 16.7 Å². The topological polar surface area (TPSA) is 30.1 Å². The monoisotopic (exact) mass is 626 g/mol. The van der Waals surface area contributed by atoms with Crippen LogP contribution in [0.15, 0.2) is 180 Å². The molecule has 2 aromatic heterocycles. The van der Waals surface area contributed by atoms with Crippen molar-refractivity contribution >= 4 is 65.9 Å². The van der Waals surface area contributed by atoms with Gasteiger partial charge in [0, 0.05) is 32.9 Å². The number of rotatable bonds is 5. The van der Waals surface area contributed by atoms with Crippen LogP contribution in [0.3, 0.4) is 0 Å². The fourth-order valence-electron chi connectivity index (χ4n) is 7.43. The molecule has 0 saturated heterocycles. The minimum Gasteiger partial charge on any atom is -0.454 e. The summed E-state index contributed by atoms with van der Waals surface area (Å²) in [6.07, 6.45) is 0. The molecule has 0 amide bonds. The second kappa shape index (κ2) is 11.0. The summed E-state index contributed by atoms with van der Waals surface area (Å²) in [5.41, 5.74) is 12.1. The Morgan fingerprint density at radius 3 is 1.88 bits per heavy atom. The zero-order valence-electron chi connectivity index (χ0n) is 26.6. The Morgan fingerprint density at radius 1 is 0.429 bits per heavy atom. The third-order valence-corrected chi connectivity index (χ3v) is 9.77. The van der Waals surface area contributed by atoms with Crippen molar-refractivity contribution in [1.29, 1.82) is 0 Å². The van der Waals surface area contributed by atoms with Crippen LogP contribution in [-0.4, -0.2) is 4.57 Å². The van der Waals surface area contributed by atoms with E-state index in [-0.39, 0.29) is 0 Å². The molecule has 10 aromatic rings. The number of anilines is 2. The molecule has 3 heteroatoms. The Kier molecular flexibility index (Phi) is 6.18. The summed E-state index contributed by atoms with van der Waals surface area (Å²) in [5.74, 6) is 0. The predicted molar refractivity (Wildman–Crippen MR) is 206 cm³/mol. The van der Waals surface area contributed by atoms with Gasteiger partial charge in [-0.1, -0.05) is 121 Å². The molecule has 3 nitrogen and oxygen atoms in total. The van der Waals surface area contributed by atoms with Gasteiger partial charge >= 0.3 is 0 Å². The second-order valence-electron chi connectivity index (χ2n) is 12.6. The quantitative estimate of drug-likeness (QED) is 0.206. The Hall–Kier alpha value is -6.58. The molecular formula is C46H30N2O. The fourth-order valence-corrected chi connectivity index (χ4v) is 7.43. The van der Waals surface area contributed by atoms with E-state index in [4.69, 9.17) is 4.42 Å². The number of hydrogen-bond donors (Lipinski definition) is 1. The molecule has 0 atom stereocenters. The average molecular weight is 627 g/mol. The number of benzene rings is 8. The van der Waals surface area contributed by atoms with Crippen LogP contribution in [0.2, 0.25) is 0 Å². The van der Waals surface area contributed by atoms with Crippen molar-refractivity contribution < 1.29 is 4.42 Å². The molecule has 0 fully saturated rings. The highest BCUT2D eigenvalue weighted by Gasteiger charge is 2.16. The standard InChI is InChI=1S/C46H30N2O/c1-2-10-30(11-3-1)31-20-25-36(26-21-31)48-42-16-8-6-14-38(42)40-28-33(22-27-43(40)48)32-18-23-35(24-19-32)47-41-29-34-12-4-5-13-37(34)45-39-15-7-9-17-44(39)49-46(41)45/h1-29,47H. The molecule has 0 aliphatic heterocycles. The summed E-state index contributed by atoms with van der Waals surface area (Å²) >= 11 is 0. The van der Waals surface area contributed by atoms with Gasteiger partial charge in [0.25, 0.3) is 0 Å². The molecule has 0 aliphatic carbocycles. The average Bonchev–Trinajstić information content (AvgIpc) is 3.72. The number of furan rings is 1. The van der Waals surface area contributed by atoms with E-state index in [1.54, 1.807) is 0 Å². The van der Waals surface area contributed by atoms with Gasteiger partial charge in [0.1, 0.15) is 5.58 Å². The Balaban J connectivity index is 1.01. The minimum absolute atomic E-state index is 0.875. The fraction of sp³-hybridized carbons (Fsp3) is 0. The van der Waals surface area contributed by atoms with Gasteiger partial charge in [-0.3, -0.25) is 0 Å². The lowest BCUT2D eigenvalue weighted by Crippen LogP contribution is -1.93. The van der Waals surface area contributed by atoms with Crippen LogP contribution in [0.1, 0.15) is 0 Å². The van der Waals surface area contributed by atoms with Crippen LogP contribution in [0.25, 0.3) is 82.5 Å². The molecule has 230 valence electrons. The first kappa shape index (κ1) is 27.5. The summed E-state index contributed by atoms with van der Waals surface area (Å²) in [4.78, 5) is 0. The first-order valence-electron chi connectivity index (χ1n) is 16.7. The molecule has 0 radical (unpaired) electrons. The van der Waals surface area contributed by atoms with Crippen LogP contribution in [0.5, 0.6) is 0 Å². The molecule has 10 rings (SSSR count). The molecule has 0 saturated carbocycles. The Bertz CT molecular complexity index is 2820. The molecule has 2 heterocycles. The largest absolute Gasteiger partial charge is 0.454 e. The Labute approximate surface area is 283 Å². The number of para-hydroxylation sites is 2. The van der Waals surface area contributed by atoms with E-state index in [1.165, 1.54) is 54.8 Å². The molecule has 0 bridgehead atoms. The second-order valence-corrected chi connectivity index (χ2v) is 12.6. The van der Waals surface area contributed by atoms with Crippen molar-refractivity contribution in [2.45, 2.75) is 0 Å². The first-order valence-corrected chi connectivity index (χ1v) is 16.7. The summed E-state index contributed by atoms with van der Waals surface area (Å²) in [6.45, 7) is 0. The van der Waals surface area contributed by atoms with Gasteiger partial charge in [-0.15, -0.1) is 0 Å². The maximum absolute atomic E-state index is 6.43. The van der Waals surface area contributed by atoms with Crippen LogP contribution >= 0.6 is 0 Å². The van der Waals surface area contributed by atoms with E-state index in [0.717, 1.165) is 39.0 Å². The lowest BCUT2D eigenvalue weighted by atomic mass is 10.0. The maximum Gasteiger partial charge on any atom is 0.159 e. The number of aromatic nitrogens is 1. The van der Waals surface area contributed by atoms with Gasteiger partial charge in [0.15, 0.2) is 5.58 Å². The van der Waals surface area contributed by atoms with Crippen LogP contribution in [0, 0.1) is 0 Å². The van der Waals surface area contributed by atoms with Crippen LogP contribution in [0.4, 0.5) is 11.4 Å². The van der Waals surface area contributed by atoms with E-state index in [0.29, 0.717) is 0 Å². The molecular weight excluding hydrogens is 597 g/mol. The van der Waals surface area contributed by atoms with Gasteiger partial charge < -0.3 is 14.3 Å². The zero-order valence-corrected chi connectivity index (χ0v) is 26.6. The van der Waals surface area contributed by atoms with Crippen molar-refractivity contribution in [1.82, 2.24) is 4.57 Å². The SMILES string of the molecule is c1ccc(-c2ccc(-n3c4ccccc4c4cc(-c5ccc(Nc6cc7ccccc7c7c6oc6ccccc67)cc5)ccc43)cc2)cc1. The zero-order chi connectivity index (χ0) is 32.3. The predicted octanol–water partition coefficient (Wildman–Crippen LogP) is 12.9. The maximum atomic E-state index is 6.43. The third-order valence-electron chi connectivity index (χ3n) is 9.77. The minimum atomic E-state index is 0.875. The molecule has 0 aliphatic rings. The van der Waals surface area contributed by atoms with Gasteiger partial charge in [-0.2, -0.15) is 0 Å². The summed E-state index contributed by atoms with van der Waals surface area (Å²) in [7, 11) is 0. The molecule has 0 spiro atoms. The van der Waals surface area contributed by atoms with Crippen LogP contribution in [-0.2, 0) is 0 Å². The molecule has 0 unspecified atom stereocenters. The third kappa shape index (κ3) is 4.51. The molecule has 1 N–H and O–H groups in total. The van der Waals surface area contributed by atoms with Crippen molar-refractivity contribution in [2.24, 2.45) is 0 Å². The highest BCUT2D eigenvalue weighted by molar-refractivity contribution is 6.22. The van der Waals surface area contributed by atoms with Crippen molar-refractivity contribution in [3.05, 3.63) is 176 Å². The lowest BCUT2D eigenvalue weighted by molar-refractivity contribution is 0.670. The smallest absolute Gasteiger partial charge is 0.159 e. The lowest BCUT2D eigenvalue weighted by Gasteiger charge is -2.11. The summed E-state index contributed by atoms with van der Waals surface area (Å²) < 4.78 is 8.80. The van der Waals surface area contributed by atoms with E-state index >= 15 is 0 Å². The number of hydrogen-bond acceptors (Lipinski definition) is 2. The summed E-state index contributed by atoms with van der Waals surface area (Å²) in [6, 6.07) is 62.6. The van der Waals surface area contributed by atoms with Gasteiger partial charge in [-0.25, -0.2) is 0 Å². The number of nitrogens with one attached hydrogen (secondary N) is 1. The number of fused-ring (bicyclic) bond motifs is 8. The summed E-state index contributed by atoms with van der Waals surface area (Å²) in [5, 5.41) is 10.8. The van der Waals surface area contributed by atoms with Crippen molar-refractivity contribution in [3.8, 4) is 27.9 Å². The van der Waals surface area contributed by atoms with E-state index in [2.05, 4.69) is 174 Å². The van der Waals surface area contributed by atoms with Crippen molar-refractivity contribution in [3.63, 3.8) is 0 Å². The number of nitrogens with zero attached hydrogens (tertiary/aromatic N) is 1.